The molecule has 0 saturated carbocycles. The molecule has 0 aliphatic heterocycles. The van der Waals surface area contributed by atoms with Gasteiger partial charge in [-0.05, 0) is 55.7 Å². The SMILES string of the molecule is Cc1cc(Cc2ccnc(C)c2)ccn1. The van der Waals surface area contributed by atoms with E-state index in [0.717, 1.165) is 17.8 Å². The van der Waals surface area contributed by atoms with Gasteiger partial charge in [0.15, 0.2) is 0 Å². The van der Waals surface area contributed by atoms with E-state index in [9.17, 15) is 0 Å². The van der Waals surface area contributed by atoms with Crippen LogP contribution in [0.5, 0.6) is 0 Å². The molecule has 15 heavy (non-hydrogen) atoms. The number of rotatable bonds is 2. The Morgan fingerprint density at radius 3 is 1.73 bits per heavy atom. The molecule has 0 aromatic carbocycles. The summed E-state index contributed by atoms with van der Waals surface area (Å²) < 4.78 is 0. The molecule has 0 aliphatic carbocycles. The van der Waals surface area contributed by atoms with Gasteiger partial charge in [0.1, 0.15) is 0 Å². The van der Waals surface area contributed by atoms with Crippen LogP contribution in [0.2, 0.25) is 0 Å². The highest BCUT2D eigenvalue weighted by molar-refractivity contribution is 5.26. The molecule has 0 radical (unpaired) electrons. The van der Waals surface area contributed by atoms with E-state index >= 15 is 0 Å². The first kappa shape index (κ1) is 9.84. The quantitative estimate of drug-likeness (QED) is 0.741. The molecule has 0 aliphatic rings. The van der Waals surface area contributed by atoms with Crippen molar-refractivity contribution in [3.63, 3.8) is 0 Å². The van der Waals surface area contributed by atoms with Crippen molar-refractivity contribution < 1.29 is 0 Å². The van der Waals surface area contributed by atoms with Gasteiger partial charge in [-0.2, -0.15) is 0 Å². The largest absolute Gasteiger partial charge is 0.262 e. The third-order valence-corrected chi connectivity index (χ3v) is 2.33. The maximum Gasteiger partial charge on any atom is 0.0375 e. The second-order valence-electron chi connectivity index (χ2n) is 3.79. The van der Waals surface area contributed by atoms with E-state index < -0.39 is 0 Å². The predicted octanol–water partition coefficient (Wildman–Crippen LogP) is 2.68. The fourth-order valence-corrected chi connectivity index (χ4v) is 1.66. The Balaban J connectivity index is 2.22. The molecule has 2 aromatic rings. The van der Waals surface area contributed by atoms with Crippen molar-refractivity contribution in [2.24, 2.45) is 0 Å². The zero-order valence-corrected chi connectivity index (χ0v) is 9.07. The lowest BCUT2D eigenvalue weighted by Gasteiger charge is -2.03. The lowest BCUT2D eigenvalue weighted by Crippen LogP contribution is -1.92. The van der Waals surface area contributed by atoms with Crippen LogP contribution in [0.4, 0.5) is 0 Å². The summed E-state index contributed by atoms with van der Waals surface area (Å²) in [4.78, 5) is 8.37. The van der Waals surface area contributed by atoms with Crippen LogP contribution >= 0.6 is 0 Å². The Bertz CT molecular complexity index is 420. The summed E-state index contributed by atoms with van der Waals surface area (Å²) in [5, 5.41) is 0. The van der Waals surface area contributed by atoms with Crippen LogP contribution in [0.3, 0.4) is 0 Å². The normalized spacial score (nSPS) is 10.3. The first-order valence-corrected chi connectivity index (χ1v) is 5.07. The van der Waals surface area contributed by atoms with Gasteiger partial charge < -0.3 is 0 Å². The first-order chi connectivity index (χ1) is 7.24. The van der Waals surface area contributed by atoms with Crippen LogP contribution in [0.25, 0.3) is 0 Å². The molecule has 2 nitrogen and oxygen atoms in total. The van der Waals surface area contributed by atoms with Crippen molar-refractivity contribution in [2.75, 3.05) is 0 Å². The number of aromatic nitrogens is 2. The molecule has 0 fully saturated rings. The Hall–Kier alpha value is -1.70. The van der Waals surface area contributed by atoms with Crippen LogP contribution in [0, 0.1) is 13.8 Å². The van der Waals surface area contributed by atoms with Gasteiger partial charge in [-0.3, -0.25) is 9.97 Å². The summed E-state index contributed by atoms with van der Waals surface area (Å²) in [7, 11) is 0. The smallest absolute Gasteiger partial charge is 0.0375 e. The highest BCUT2D eigenvalue weighted by Gasteiger charge is 1.97. The maximum atomic E-state index is 4.19. The minimum Gasteiger partial charge on any atom is -0.262 e. The molecule has 2 heterocycles. The van der Waals surface area contributed by atoms with Gasteiger partial charge in [0, 0.05) is 23.8 Å². The van der Waals surface area contributed by atoms with Gasteiger partial charge in [0.05, 0.1) is 0 Å². The van der Waals surface area contributed by atoms with Crippen molar-refractivity contribution in [3.8, 4) is 0 Å². The third-order valence-electron chi connectivity index (χ3n) is 2.33. The Labute approximate surface area is 90.0 Å². The lowest BCUT2D eigenvalue weighted by molar-refractivity contribution is 1.09. The molecule has 0 bridgehead atoms. The van der Waals surface area contributed by atoms with E-state index in [-0.39, 0.29) is 0 Å². The lowest BCUT2D eigenvalue weighted by atomic mass is 10.1. The van der Waals surface area contributed by atoms with Gasteiger partial charge in [-0.1, -0.05) is 0 Å². The highest BCUT2D eigenvalue weighted by atomic mass is 14.7. The van der Waals surface area contributed by atoms with E-state index in [0.29, 0.717) is 0 Å². The average Bonchev–Trinajstić information content (AvgIpc) is 2.17. The molecule has 2 heteroatoms. The number of hydrogen-bond acceptors (Lipinski definition) is 2. The number of nitrogens with zero attached hydrogens (tertiary/aromatic N) is 2. The Morgan fingerprint density at radius 1 is 0.867 bits per heavy atom. The van der Waals surface area contributed by atoms with Crippen molar-refractivity contribution in [1.82, 2.24) is 9.97 Å². The zero-order chi connectivity index (χ0) is 10.7. The predicted molar refractivity (Wildman–Crippen MR) is 60.8 cm³/mol. The second-order valence-corrected chi connectivity index (χ2v) is 3.79. The van der Waals surface area contributed by atoms with Crippen LogP contribution in [-0.4, -0.2) is 9.97 Å². The highest BCUT2D eigenvalue weighted by Crippen LogP contribution is 2.09. The summed E-state index contributed by atoms with van der Waals surface area (Å²) in [6.45, 7) is 4.03. The van der Waals surface area contributed by atoms with Crippen molar-refractivity contribution in [3.05, 3.63) is 59.2 Å². The summed E-state index contributed by atoms with van der Waals surface area (Å²) >= 11 is 0. The van der Waals surface area contributed by atoms with Crippen LogP contribution in [0.15, 0.2) is 36.7 Å². The topological polar surface area (TPSA) is 25.8 Å². The van der Waals surface area contributed by atoms with Crippen molar-refractivity contribution in [2.45, 2.75) is 20.3 Å². The summed E-state index contributed by atoms with van der Waals surface area (Å²) in [5.74, 6) is 0. The molecule has 2 aromatic heterocycles. The monoisotopic (exact) mass is 198 g/mol. The van der Waals surface area contributed by atoms with Crippen molar-refractivity contribution >= 4 is 0 Å². The minimum absolute atomic E-state index is 0.951. The molecular weight excluding hydrogens is 184 g/mol. The fourth-order valence-electron chi connectivity index (χ4n) is 1.66. The Morgan fingerprint density at radius 2 is 1.33 bits per heavy atom. The molecule has 76 valence electrons. The third kappa shape index (κ3) is 2.62. The van der Waals surface area contributed by atoms with Crippen LogP contribution in [-0.2, 0) is 6.42 Å². The molecule has 0 atom stereocenters. The van der Waals surface area contributed by atoms with E-state index in [2.05, 4.69) is 34.2 Å². The zero-order valence-electron chi connectivity index (χ0n) is 9.07. The minimum atomic E-state index is 0.951. The molecule has 0 unspecified atom stereocenters. The maximum absolute atomic E-state index is 4.19. The van der Waals surface area contributed by atoms with Gasteiger partial charge >= 0.3 is 0 Å². The Kier molecular flexibility index (Phi) is 2.77. The standard InChI is InChI=1S/C13H14N2/c1-10-7-12(3-5-14-10)9-13-4-6-15-11(2)8-13/h3-8H,9H2,1-2H3. The van der Waals surface area contributed by atoms with Gasteiger partial charge in [0.25, 0.3) is 0 Å². The van der Waals surface area contributed by atoms with Crippen molar-refractivity contribution in [1.29, 1.82) is 0 Å². The molecule has 0 N–H and O–H groups in total. The van der Waals surface area contributed by atoms with E-state index in [4.69, 9.17) is 0 Å². The van der Waals surface area contributed by atoms with Crippen LogP contribution < -0.4 is 0 Å². The van der Waals surface area contributed by atoms with E-state index in [1.165, 1.54) is 11.1 Å². The number of pyridine rings is 2. The first-order valence-electron chi connectivity index (χ1n) is 5.07. The molecular formula is C13H14N2. The van der Waals surface area contributed by atoms with E-state index in [1.54, 1.807) is 0 Å². The number of aryl methyl sites for hydroxylation is 2. The summed E-state index contributed by atoms with van der Waals surface area (Å²) in [6, 6.07) is 8.36. The van der Waals surface area contributed by atoms with Crippen LogP contribution in [0.1, 0.15) is 22.5 Å². The fraction of sp³-hybridized carbons (Fsp3) is 0.231. The van der Waals surface area contributed by atoms with Gasteiger partial charge in [-0.25, -0.2) is 0 Å². The molecule has 0 saturated heterocycles. The summed E-state index contributed by atoms with van der Waals surface area (Å²) in [6.07, 6.45) is 4.67. The van der Waals surface area contributed by atoms with Gasteiger partial charge in [0.2, 0.25) is 0 Å². The summed E-state index contributed by atoms with van der Waals surface area (Å²) in [5.41, 5.74) is 4.73. The molecule has 2 rings (SSSR count). The molecule has 0 amide bonds. The van der Waals surface area contributed by atoms with E-state index in [1.807, 2.05) is 26.2 Å². The average molecular weight is 198 g/mol. The van der Waals surface area contributed by atoms with Gasteiger partial charge in [-0.15, -0.1) is 0 Å². The second kappa shape index (κ2) is 4.22. The molecule has 0 spiro atoms. The number of hydrogen-bond donors (Lipinski definition) is 0.